The number of pyridine rings is 1. The molecular weight excluding hydrogens is 417 g/mol. The maximum Gasteiger partial charge on any atom is 0.417 e. The second-order valence-corrected chi connectivity index (χ2v) is 8.47. The molecule has 6 rings (SSSR count). The Hall–Kier alpha value is -3.35. The fourth-order valence-electron chi connectivity index (χ4n) is 5.24. The number of rotatable bonds is 4. The van der Waals surface area contributed by atoms with Gasteiger partial charge in [0.05, 0.1) is 5.56 Å². The summed E-state index contributed by atoms with van der Waals surface area (Å²) in [5, 5.41) is 2.85. The smallest absolute Gasteiger partial charge is 0.354 e. The lowest BCUT2D eigenvalue weighted by molar-refractivity contribution is -0.138. The minimum Gasteiger partial charge on any atom is -0.354 e. The Bertz CT molecular complexity index is 1200. The Kier molecular flexibility index (Phi) is 4.92. The number of carbonyl (C=O) groups is 1. The van der Waals surface area contributed by atoms with Gasteiger partial charge in [-0.25, -0.2) is 0 Å². The molecule has 164 valence electrons. The first-order valence-electron chi connectivity index (χ1n) is 10.5. The molecule has 3 aromatic rings. The molecule has 2 bridgehead atoms. The van der Waals surface area contributed by atoms with Gasteiger partial charge in [0.2, 0.25) is 5.91 Å². The van der Waals surface area contributed by atoms with Crippen molar-refractivity contribution in [3.63, 3.8) is 0 Å². The largest absolute Gasteiger partial charge is 0.417 e. The minimum absolute atomic E-state index is 0.156. The summed E-state index contributed by atoms with van der Waals surface area (Å²) in [6.45, 7) is -0.0485. The molecule has 4 nitrogen and oxygen atoms in total. The standard InChI is InChI=1S/C25H21F3N2O2/c26-25(27,28)16-9-10-23(32)30(13-16)14-22(31)29-12-15-11-21-17-5-1-3-7-19(17)24(15)20-8-4-2-6-18(20)21/h1-10,13,15,21,24H,11-12,14H2,(H,29,31). The molecule has 0 aliphatic heterocycles. The molecule has 7 heteroatoms. The van der Waals surface area contributed by atoms with E-state index in [0.29, 0.717) is 12.7 Å². The number of carbonyl (C=O) groups excluding carboxylic acids is 1. The summed E-state index contributed by atoms with van der Waals surface area (Å²) in [5.41, 5.74) is 3.60. The molecule has 1 aromatic heterocycles. The summed E-state index contributed by atoms with van der Waals surface area (Å²) < 4.78 is 39.6. The Morgan fingerprint density at radius 1 is 0.938 bits per heavy atom. The number of hydrogen-bond donors (Lipinski definition) is 1. The number of amides is 1. The van der Waals surface area contributed by atoms with Crippen LogP contribution in [0.2, 0.25) is 0 Å². The van der Waals surface area contributed by atoms with Crippen LogP contribution in [0.3, 0.4) is 0 Å². The van der Waals surface area contributed by atoms with Gasteiger partial charge in [-0.1, -0.05) is 48.5 Å². The van der Waals surface area contributed by atoms with E-state index in [1.807, 2.05) is 24.3 Å². The quantitative estimate of drug-likeness (QED) is 0.661. The first-order chi connectivity index (χ1) is 15.3. The summed E-state index contributed by atoms with van der Waals surface area (Å²) >= 11 is 0. The number of benzene rings is 2. The van der Waals surface area contributed by atoms with Gasteiger partial charge in [0.1, 0.15) is 6.54 Å². The Morgan fingerprint density at radius 2 is 1.53 bits per heavy atom. The zero-order valence-corrected chi connectivity index (χ0v) is 17.1. The third-order valence-electron chi connectivity index (χ3n) is 6.61. The van der Waals surface area contributed by atoms with E-state index in [1.54, 1.807) is 0 Å². The van der Waals surface area contributed by atoms with Crippen LogP contribution in [-0.4, -0.2) is 17.0 Å². The highest BCUT2D eigenvalue weighted by Gasteiger charge is 2.42. The van der Waals surface area contributed by atoms with Crippen molar-refractivity contribution in [2.24, 2.45) is 5.92 Å². The molecule has 2 aromatic carbocycles. The van der Waals surface area contributed by atoms with Crippen molar-refractivity contribution in [2.45, 2.75) is 31.0 Å². The lowest BCUT2D eigenvalue weighted by Gasteiger charge is -2.45. The summed E-state index contributed by atoms with van der Waals surface area (Å²) in [6.07, 6.45) is -2.99. The third-order valence-corrected chi connectivity index (χ3v) is 6.61. The monoisotopic (exact) mass is 438 g/mol. The number of nitrogens with zero attached hydrogens (tertiary/aromatic N) is 1. The zero-order chi connectivity index (χ0) is 22.5. The number of alkyl halides is 3. The first-order valence-corrected chi connectivity index (χ1v) is 10.5. The number of halogens is 3. The molecule has 1 atom stereocenters. The number of fused-ring (bicyclic) bond motifs is 1. The molecule has 0 fully saturated rings. The fraction of sp³-hybridized carbons (Fsp3) is 0.280. The van der Waals surface area contributed by atoms with Gasteiger partial charge in [-0.3, -0.25) is 9.59 Å². The van der Waals surface area contributed by atoms with E-state index in [1.165, 1.54) is 22.3 Å². The lowest BCUT2D eigenvalue weighted by atomic mass is 9.59. The highest BCUT2D eigenvalue weighted by molar-refractivity contribution is 5.75. The van der Waals surface area contributed by atoms with E-state index in [4.69, 9.17) is 0 Å². The van der Waals surface area contributed by atoms with Crippen LogP contribution < -0.4 is 10.9 Å². The predicted molar refractivity (Wildman–Crippen MR) is 113 cm³/mol. The molecule has 0 saturated carbocycles. The van der Waals surface area contributed by atoms with Crippen LogP contribution in [0.5, 0.6) is 0 Å². The molecule has 3 aliphatic carbocycles. The number of hydrogen-bond acceptors (Lipinski definition) is 2. The van der Waals surface area contributed by atoms with E-state index in [9.17, 15) is 22.8 Å². The second kappa shape index (κ2) is 7.65. The van der Waals surface area contributed by atoms with Gasteiger partial charge in [0.15, 0.2) is 0 Å². The third kappa shape index (κ3) is 3.51. The van der Waals surface area contributed by atoms with E-state index in [2.05, 4.69) is 29.6 Å². The Labute approximate surface area is 182 Å². The van der Waals surface area contributed by atoms with Gasteiger partial charge in [-0.2, -0.15) is 13.2 Å². The summed E-state index contributed by atoms with van der Waals surface area (Å²) in [7, 11) is 0. The molecule has 1 amide bonds. The van der Waals surface area contributed by atoms with Gasteiger partial charge in [-0.05, 0) is 40.7 Å². The van der Waals surface area contributed by atoms with E-state index >= 15 is 0 Å². The van der Waals surface area contributed by atoms with Gasteiger partial charge in [0.25, 0.3) is 5.56 Å². The average Bonchev–Trinajstić information content (AvgIpc) is 2.78. The van der Waals surface area contributed by atoms with E-state index in [-0.39, 0.29) is 17.8 Å². The van der Waals surface area contributed by atoms with Gasteiger partial charge in [0, 0.05) is 30.6 Å². The zero-order valence-electron chi connectivity index (χ0n) is 17.1. The number of nitrogens with one attached hydrogen (secondary N) is 1. The van der Waals surface area contributed by atoms with E-state index < -0.39 is 29.8 Å². The van der Waals surface area contributed by atoms with Crippen molar-refractivity contribution in [2.75, 3.05) is 6.54 Å². The molecule has 0 saturated heterocycles. The van der Waals surface area contributed by atoms with E-state index in [0.717, 1.165) is 23.1 Å². The highest BCUT2D eigenvalue weighted by Crippen LogP contribution is 2.55. The first kappa shape index (κ1) is 20.5. The van der Waals surface area contributed by atoms with Crippen molar-refractivity contribution in [1.82, 2.24) is 9.88 Å². The average molecular weight is 438 g/mol. The fourth-order valence-corrected chi connectivity index (χ4v) is 5.24. The molecule has 1 unspecified atom stereocenters. The molecule has 3 aliphatic rings. The summed E-state index contributed by atoms with van der Waals surface area (Å²) in [5.74, 6) is 0.116. The van der Waals surface area contributed by atoms with Crippen LogP contribution in [0, 0.1) is 5.92 Å². The molecule has 1 heterocycles. The van der Waals surface area contributed by atoms with Gasteiger partial charge < -0.3 is 9.88 Å². The van der Waals surface area contributed by atoms with Crippen LogP contribution in [0.4, 0.5) is 13.2 Å². The maximum absolute atomic E-state index is 12.9. The lowest BCUT2D eigenvalue weighted by Crippen LogP contribution is -2.41. The normalized spacial score (nSPS) is 21.0. The van der Waals surface area contributed by atoms with Crippen molar-refractivity contribution < 1.29 is 18.0 Å². The second-order valence-electron chi connectivity index (χ2n) is 8.47. The van der Waals surface area contributed by atoms with Crippen LogP contribution >= 0.6 is 0 Å². The number of aromatic nitrogens is 1. The van der Waals surface area contributed by atoms with Crippen LogP contribution in [0.25, 0.3) is 0 Å². The Balaban J connectivity index is 1.33. The summed E-state index contributed by atoms with van der Waals surface area (Å²) in [6, 6.07) is 18.3. The highest BCUT2D eigenvalue weighted by atomic mass is 19.4. The molecular formula is C25H21F3N2O2. The predicted octanol–water partition coefficient (Wildman–Crippen LogP) is 4.28. The SMILES string of the molecule is O=C(Cn1cc(C(F)(F)F)ccc1=O)NCC1CC2c3ccccc3C1c1ccccc12. The van der Waals surface area contributed by atoms with Crippen LogP contribution in [0.15, 0.2) is 71.7 Å². The van der Waals surface area contributed by atoms with Crippen molar-refractivity contribution >= 4 is 5.91 Å². The molecule has 32 heavy (non-hydrogen) atoms. The topological polar surface area (TPSA) is 51.1 Å². The van der Waals surface area contributed by atoms with Crippen LogP contribution in [-0.2, 0) is 17.5 Å². The van der Waals surface area contributed by atoms with Crippen molar-refractivity contribution in [3.05, 3.63) is 105 Å². The Morgan fingerprint density at radius 3 is 2.12 bits per heavy atom. The van der Waals surface area contributed by atoms with Gasteiger partial charge in [-0.15, -0.1) is 0 Å². The molecule has 0 radical (unpaired) electrons. The van der Waals surface area contributed by atoms with Gasteiger partial charge >= 0.3 is 6.18 Å². The molecule has 0 spiro atoms. The van der Waals surface area contributed by atoms with Crippen molar-refractivity contribution in [1.29, 1.82) is 0 Å². The minimum atomic E-state index is -4.58. The summed E-state index contributed by atoms with van der Waals surface area (Å²) in [4.78, 5) is 24.4. The van der Waals surface area contributed by atoms with Crippen molar-refractivity contribution in [3.8, 4) is 0 Å². The van der Waals surface area contributed by atoms with Crippen LogP contribution in [0.1, 0.15) is 46.1 Å². The molecule has 1 N–H and O–H groups in total. The maximum atomic E-state index is 12.9.